The van der Waals surface area contributed by atoms with Crippen molar-refractivity contribution in [1.29, 1.82) is 0 Å². The molecular formula is C19H32N4O3. The smallest absolute Gasteiger partial charge is 0.409 e. The molecule has 4 rings (SSSR count). The molecule has 3 atom stereocenters. The topological polar surface area (TPSA) is 65.1 Å². The van der Waals surface area contributed by atoms with Crippen molar-refractivity contribution in [2.45, 2.75) is 76.0 Å². The van der Waals surface area contributed by atoms with E-state index in [2.05, 4.69) is 15.1 Å². The maximum atomic E-state index is 12.5. The predicted molar refractivity (Wildman–Crippen MR) is 98.0 cm³/mol. The molecule has 4 fully saturated rings. The summed E-state index contributed by atoms with van der Waals surface area (Å²) in [6, 6.07) is 1.77. The van der Waals surface area contributed by atoms with E-state index in [1.54, 1.807) is 0 Å². The van der Waals surface area contributed by atoms with Gasteiger partial charge in [0.05, 0.1) is 18.7 Å². The van der Waals surface area contributed by atoms with E-state index < -0.39 is 0 Å². The molecule has 3 amide bonds. The van der Waals surface area contributed by atoms with E-state index in [-0.39, 0.29) is 12.1 Å². The summed E-state index contributed by atoms with van der Waals surface area (Å²) >= 11 is 0. The Morgan fingerprint density at radius 3 is 2.58 bits per heavy atom. The second-order valence-electron chi connectivity index (χ2n) is 8.17. The SMILES string of the molecule is CCOC(=O)N1CC[C@@H](N2CCC(N3C(=O)N[C@H]4CCCC[C@@H]43)CC2)C1. The molecule has 0 aromatic carbocycles. The lowest BCUT2D eigenvalue weighted by Crippen LogP contribution is -2.52. The average molecular weight is 364 g/mol. The lowest BCUT2D eigenvalue weighted by Gasteiger charge is -2.41. The zero-order valence-corrected chi connectivity index (χ0v) is 15.9. The normalized spacial score (nSPS) is 33.3. The van der Waals surface area contributed by atoms with Crippen LogP contribution in [0, 0.1) is 0 Å². The third-order valence-electron chi connectivity index (χ3n) is 6.73. The van der Waals surface area contributed by atoms with Crippen LogP contribution in [-0.4, -0.2) is 83.8 Å². The molecule has 7 heteroatoms. The van der Waals surface area contributed by atoms with Crippen LogP contribution in [0.5, 0.6) is 0 Å². The number of nitrogens with zero attached hydrogens (tertiary/aromatic N) is 3. The first kappa shape index (κ1) is 17.9. The quantitative estimate of drug-likeness (QED) is 0.832. The van der Waals surface area contributed by atoms with E-state index in [0.717, 1.165) is 58.3 Å². The number of ether oxygens (including phenoxy) is 1. The highest BCUT2D eigenvalue weighted by molar-refractivity contribution is 5.78. The molecule has 4 aliphatic rings. The van der Waals surface area contributed by atoms with Crippen LogP contribution in [0.3, 0.4) is 0 Å². The molecule has 3 aliphatic heterocycles. The summed E-state index contributed by atoms with van der Waals surface area (Å²) in [4.78, 5) is 30.9. The second kappa shape index (κ2) is 7.62. The Labute approximate surface area is 156 Å². The van der Waals surface area contributed by atoms with Crippen molar-refractivity contribution >= 4 is 12.1 Å². The number of carbonyl (C=O) groups is 2. The first-order valence-corrected chi connectivity index (χ1v) is 10.4. The minimum atomic E-state index is -0.179. The Bertz CT molecular complexity index is 535. The first-order chi connectivity index (χ1) is 12.7. The minimum absolute atomic E-state index is 0.162. The summed E-state index contributed by atoms with van der Waals surface area (Å²) in [7, 11) is 0. The summed E-state index contributed by atoms with van der Waals surface area (Å²) in [5, 5.41) is 3.22. The largest absolute Gasteiger partial charge is 0.450 e. The summed E-state index contributed by atoms with van der Waals surface area (Å²) in [6.45, 7) is 5.90. The third-order valence-corrected chi connectivity index (χ3v) is 6.73. The highest BCUT2D eigenvalue weighted by Gasteiger charge is 2.44. The molecule has 146 valence electrons. The van der Waals surface area contributed by atoms with Crippen molar-refractivity contribution < 1.29 is 14.3 Å². The van der Waals surface area contributed by atoms with Crippen molar-refractivity contribution in [2.24, 2.45) is 0 Å². The fraction of sp³-hybridized carbons (Fsp3) is 0.895. The van der Waals surface area contributed by atoms with E-state index in [0.29, 0.717) is 30.8 Å². The standard InChI is InChI=1S/C19H32N4O3/c1-2-26-19(25)22-12-9-15(13-22)21-10-7-14(8-11-21)23-17-6-4-3-5-16(17)20-18(23)24/h14-17H,2-13H2,1H3,(H,20,24)/t15-,16+,17+/m1/s1. The van der Waals surface area contributed by atoms with Crippen LogP contribution in [0.15, 0.2) is 0 Å². The molecule has 0 aromatic rings. The van der Waals surface area contributed by atoms with E-state index in [1.807, 2.05) is 11.8 Å². The van der Waals surface area contributed by atoms with Crippen LogP contribution in [-0.2, 0) is 4.74 Å². The molecule has 26 heavy (non-hydrogen) atoms. The highest BCUT2D eigenvalue weighted by atomic mass is 16.6. The van der Waals surface area contributed by atoms with Crippen molar-refractivity contribution in [3.05, 3.63) is 0 Å². The molecule has 1 saturated carbocycles. The number of rotatable bonds is 3. The van der Waals surface area contributed by atoms with Gasteiger partial charge in [-0.1, -0.05) is 12.8 Å². The van der Waals surface area contributed by atoms with Gasteiger partial charge in [-0.3, -0.25) is 4.90 Å². The van der Waals surface area contributed by atoms with Gasteiger partial charge >= 0.3 is 12.1 Å². The highest BCUT2D eigenvalue weighted by Crippen LogP contribution is 2.33. The fourth-order valence-electron chi connectivity index (χ4n) is 5.38. The van der Waals surface area contributed by atoms with Crippen molar-refractivity contribution in [3.63, 3.8) is 0 Å². The lowest BCUT2D eigenvalue weighted by molar-refractivity contribution is 0.0796. The van der Waals surface area contributed by atoms with Crippen molar-refractivity contribution in [1.82, 2.24) is 20.0 Å². The van der Waals surface area contributed by atoms with Gasteiger partial charge in [0.15, 0.2) is 0 Å². The maximum absolute atomic E-state index is 12.5. The Morgan fingerprint density at radius 1 is 1.08 bits per heavy atom. The molecule has 7 nitrogen and oxygen atoms in total. The summed E-state index contributed by atoms with van der Waals surface area (Å²) in [6.07, 6.45) is 7.72. The first-order valence-electron chi connectivity index (χ1n) is 10.4. The van der Waals surface area contributed by atoms with Gasteiger partial charge in [-0.05, 0) is 39.0 Å². The van der Waals surface area contributed by atoms with Crippen LogP contribution in [0.4, 0.5) is 9.59 Å². The summed E-state index contributed by atoms with van der Waals surface area (Å²) in [5.41, 5.74) is 0. The molecule has 0 spiro atoms. The zero-order chi connectivity index (χ0) is 18.1. The number of likely N-dealkylation sites (tertiary alicyclic amines) is 2. The molecule has 0 radical (unpaired) electrons. The molecule has 3 heterocycles. The zero-order valence-electron chi connectivity index (χ0n) is 15.9. The van der Waals surface area contributed by atoms with Crippen LogP contribution >= 0.6 is 0 Å². The third kappa shape index (κ3) is 3.38. The fourth-order valence-corrected chi connectivity index (χ4v) is 5.38. The van der Waals surface area contributed by atoms with Gasteiger partial charge in [-0.15, -0.1) is 0 Å². The van der Waals surface area contributed by atoms with Crippen molar-refractivity contribution in [2.75, 3.05) is 32.8 Å². The number of nitrogens with one attached hydrogen (secondary N) is 1. The average Bonchev–Trinajstić information content (AvgIpc) is 3.26. The molecular weight excluding hydrogens is 332 g/mol. The van der Waals surface area contributed by atoms with E-state index >= 15 is 0 Å². The number of amides is 3. The Morgan fingerprint density at radius 2 is 1.81 bits per heavy atom. The second-order valence-corrected chi connectivity index (χ2v) is 8.17. The van der Waals surface area contributed by atoms with Gasteiger partial charge in [0.25, 0.3) is 0 Å². The van der Waals surface area contributed by atoms with Gasteiger partial charge in [-0.25, -0.2) is 9.59 Å². The van der Waals surface area contributed by atoms with Crippen LogP contribution in [0.2, 0.25) is 0 Å². The molecule has 1 N–H and O–H groups in total. The molecule has 0 aromatic heterocycles. The summed E-state index contributed by atoms with van der Waals surface area (Å²) in [5.74, 6) is 0. The van der Waals surface area contributed by atoms with Crippen LogP contribution in [0.25, 0.3) is 0 Å². The van der Waals surface area contributed by atoms with E-state index in [9.17, 15) is 9.59 Å². The molecule has 1 aliphatic carbocycles. The maximum Gasteiger partial charge on any atom is 0.409 e. The Kier molecular flexibility index (Phi) is 5.25. The monoisotopic (exact) mass is 364 g/mol. The van der Waals surface area contributed by atoms with E-state index in [1.165, 1.54) is 12.8 Å². The lowest BCUT2D eigenvalue weighted by atomic mass is 9.89. The van der Waals surface area contributed by atoms with Gasteiger partial charge in [0, 0.05) is 38.3 Å². The minimum Gasteiger partial charge on any atom is -0.450 e. The summed E-state index contributed by atoms with van der Waals surface area (Å²) < 4.78 is 5.13. The number of urea groups is 1. The van der Waals surface area contributed by atoms with Gasteiger partial charge in [-0.2, -0.15) is 0 Å². The molecule has 0 unspecified atom stereocenters. The molecule has 0 bridgehead atoms. The Balaban J connectivity index is 1.29. The van der Waals surface area contributed by atoms with Crippen LogP contribution in [0.1, 0.15) is 51.9 Å². The van der Waals surface area contributed by atoms with Gasteiger partial charge in [0.1, 0.15) is 0 Å². The number of hydrogen-bond acceptors (Lipinski definition) is 4. The number of carbonyl (C=O) groups excluding carboxylic acids is 2. The van der Waals surface area contributed by atoms with Gasteiger partial charge in [0.2, 0.25) is 0 Å². The van der Waals surface area contributed by atoms with Crippen molar-refractivity contribution in [3.8, 4) is 0 Å². The number of fused-ring (bicyclic) bond motifs is 1. The Hall–Kier alpha value is -1.50. The van der Waals surface area contributed by atoms with Gasteiger partial charge < -0.3 is 19.9 Å². The predicted octanol–water partition coefficient (Wildman–Crippen LogP) is 2.02. The number of hydrogen-bond donors (Lipinski definition) is 1. The number of piperidine rings is 1. The molecule has 3 saturated heterocycles. The van der Waals surface area contributed by atoms with Crippen LogP contribution < -0.4 is 5.32 Å². The van der Waals surface area contributed by atoms with E-state index in [4.69, 9.17) is 4.74 Å².